The Morgan fingerprint density at radius 2 is 1.82 bits per heavy atom. The van der Waals surface area contributed by atoms with Crippen LogP contribution in [-0.2, 0) is 0 Å². The molecule has 0 atom stereocenters. The monoisotopic (exact) mass is 156 g/mol. The summed E-state index contributed by atoms with van der Waals surface area (Å²) >= 11 is 0. The van der Waals surface area contributed by atoms with E-state index in [1.807, 2.05) is 0 Å². The molecule has 0 N–H and O–H groups in total. The first-order valence-electron chi connectivity index (χ1n) is 4.12. The lowest BCUT2D eigenvalue weighted by molar-refractivity contribution is 0.393. The van der Waals surface area contributed by atoms with Crippen molar-refractivity contribution in [3.05, 3.63) is 12.5 Å². The van der Waals surface area contributed by atoms with Crippen LogP contribution in [0.4, 0.5) is 0 Å². The largest absolute Gasteiger partial charge is 0.346 e. The molecule has 0 aromatic carbocycles. The van der Waals surface area contributed by atoms with Crippen molar-refractivity contribution >= 4 is 0 Å². The molecule has 0 unspecified atom stereocenters. The number of hydrogen-bond acceptors (Lipinski definition) is 3. The van der Waals surface area contributed by atoms with Crippen LogP contribution in [0.1, 0.15) is 39.5 Å². The van der Waals surface area contributed by atoms with Crippen LogP contribution in [0.25, 0.3) is 0 Å². The first kappa shape index (κ1) is 10.1. The van der Waals surface area contributed by atoms with Gasteiger partial charge in [-0.15, -0.1) is 5.10 Å². The normalized spacial score (nSPS) is 8.55. The SMILES string of the molecule is CCCCCC.c1conn1. The standard InChI is InChI=1S/C6H14.C2H2N2O/c1-3-5-6-4-2;1-2-5-4-3-1/h3-6H2,1-2H3;1-2H. The molecule has 0 aliphatic rings. The van der Waals surface area contributed by atoms with Crippen molar-refractivity contribution in [1.29, 1.82) is 0 Å². The maximum atomic E-state index is 4.22. The zero-order valence-electron chi connectivity index (χ0n) is 7.29. The molecule has 0 amide bonds. The molecule has 3 heteroatoms. The van der Waals surface area contributed by atoms with Gasteiger partial charge in [0.15, 0.2) is 0 Å². The lowest BCUT2D eigenvalue weighted by atomic mass is 10.2. The van der Waals surface area contributed by atoms with E-state index < -0.39 is 0 Å². The third kappa shape index (κ3) is 9.14. The summed E-state index contributed by atoms with van der Waals surface area (Å²) in [4.78, 5) is 0. The van der Waals surface area contributed by atoms with E-state index in [-0.39, 0.29) is 0 Å². The van der Waals surface area contributed by atoms with Gasteiger partial charge in [-0.1, -0.05) is 39.5 Å². The van der Waals surface area contributed by atoms with Crippen LogP contribution in [0.3, 0.4) is 0 Å². The van der Waals surface area contributed by atoms with Crippen LogP contribution in [0, 0.1) is 0 Å². The molecule has 1 aromatic rings. The fraction of sp³-hybridized carbons (Fsp3) is 0.750. The smallest absolute Gasteiger partial charge is 0.144 e. The second-order valence-corrected chi connectivity index (χ2v) is 2.29. The average molecular weight is 156 g/mol. The maximum Gasteiger partial charge on any atom is 0.144 e. The molecule has 1 aromatic heterocycles. The maximum absolute atomic E-state index is 4.22. The minimum Gasteiger partial charge on any atom is -0.346 e. The molecule has 0 saturated carbocycles. The molecule has 1 heterocycles. The van der Waals surface area contributed by atoms with Crippen LogP contribution >= 0.6 is 0 Å². The summed E-state index contributed by atoms with van der Waals surface area (Å²) in [6, 6.07) is 0. The number of unbranched alkanes of at least 4 members (excludes halogenated alkanes) is 3. The first-order valence-corrected chi connectivity index (χ1v) is 4.12. The zero-order chi connectivity index (χ0) is 8.36. The third-order valence-electron chi connectivity index (χ3n) is 1.24. The fourth-order valence-electron chi connectivity index (χ4n) is 0.636. The third-order valence-corrected chi connectivity index (χ3v) is 1.24. The highest BCUT2D eigenvalue weighted by Crippen LogP contribution is 1.95. The Morgan fingerprint density at radius 1 is 1.18 bits per heavy atom. The van der Waals surface area contributed by atoms with E-state index in [1.54, 1.807) is 0 Å². The second-order valence-electron chi connectivity index (χ2n) is 2.29. The van der Waals surface area contributed by atoms with Gasteiger partial charge in [-0.05, 0) is 0 Å². The van der Waals surface area contributed by atoms with Crippen LogP contribution in [-0.4, -0.2) is 10.4 Å². The summed E-state index contributed by atoms with van der Waals surface area (Å²) < 4.78 is 4.22. The van der Waals surface area contributed by atoms with Crippen molar-refractivity contribution in [2.45, 2.75) is 39.5 Å². The summed E-state index contributed by atoms with van der Waals surface area (Å²) in [5.74, 6) is 0. The molecular weight excluding hydrogens is 140 g/mol. The molecule has 0 aliphatic heterocycles. The van der Waals surface area contributed by atoms with Gasteiger partial charge in [0.1, 0.15) is 6.26 Å². The minimum atomic E-state index is 1.36. The molecule has 0 radical (unpaired) electrons. The summed E-state index contributed by atoms with van der Waals surface area (Å²) in [5.41, 5.74) is 0. The van der Waals surface area contributed by atoms with Gasteiger partial charge in [0.05, 0.1) is 6.20 Å². The predicted molar refractivity (Wildman–Crippen MR) is 44.1 cm³/mol. The topological polar surface area (TPSA) is 38.9 Å². The molecule has 0 bridgehead atoms. The van der Waals surface area contributed by atoms with Gasteiger partial charge in [-0.25, -0.2) is 0 Å². The Kier molecular flexibility index (Phi) is 8.43. The molecule has 64 valence electrons. The highest BCUT2D eigenvalue weighted by molar-refractivity contribution is 4.48. The molecule has 0 aliphatic carbocycles. The average Bonchev–Trinajstić information content (AvgIpc) is 2.57. The Bertz CT molecular complexity index is 107. The molecule has 0 saturated heterocycles. The Balaban J connectivity index is 0.000000183. The number of hydrogen-bond donors (Lipinski definition) is 0. The van der Waals surface area contributed by atoms with E-state index >= 15 is 0 Å². The molecular formula is C8H16N2O. The summed E-state index contributed by atoms with van der Waals surface area (Å²) in [6.07, 6.45) is 8.41. The van der Waals surface area contributed by atoms with E-state index in [0.29, 0.717) is 0 Å². The van der Waals surface area contributed by atoms with Gasteiger partial charge in [0, 0.05) is 5.27 Å². The second kappa shape index (κ2) is 9.14. The molecule has 0 fully saturated rings. The van der Waals surface area contributed by atoms with E-state index in [9.17, 15) is 0 Å². The lowest BCUT2D eigenvalue weighted by Crippen LogP contribution is -1.66. The van der Waals surface area contributed by atoms with Gasteiger partial charge in [-0.3, -0.25) is 0 Å². The van der Waals surface area contributed by atoms with Crippen molar-refractivity contribution in [3.8, 4) is 0 Å². The van der Waals surface area contributed by atoms with E-state index in [0.717, 1.165) is 0 Å². The van der Waals surface area contributed by atoms with Gasteiger partial charge >= 0.3 is 0 Å². The number of nitrogens with zero attached hydrogens (tertiary/aromatic N) is 2. The number of aromatic nitrogens is 2. The van der Waals surface area contributed by atoms with Crippen molar-refractivity contribution in [2.75, 3.05) is 0 Å². The fourth-order valence-corrected chi connectivity index (χ4v) is 0.636. The van der Waals surface area contributed by atoms with Crippen molar-refractivity contribution < 1.29 is 4.52 Å². The lowest BCUT2D eigenvalue weighted by Gasteiger charge is -1.86. The zero-order valence-corrected chi connectivity index (χ0v) is 7.29. The molecule has 1 rings (SSSR count). The van der Waals surface area contributed by atoms with Crippen LogP contribution < -0.4 is 0 Å². The van der Waals surface area contributed by atoms with Crippen LogP contribution in [0.5, 0.6) is 0 Å². The van der Waals surface area contributed by atoms with Gasteiger partial charge in [0.25, 0.3) is 0 Å². The van der Waals surface area contributed by atoms with Gasteiger partial charge in [0.2, 0.25) is 0 Å². The molecule has 11 heavy (non-hydrogen) atoms. The van der Waals surface area contributed by atoms with E-state index in [4.69, 9.17) is 0 Å². The minimum absolute atomic E-state index is 1.36. The summed E-state index contributed by atoms with van der Waals surface area (Å²) in [5, 5.41) is 6.40. The van der Waals surface area contributed by atoms with Crippen molar-refractivity contribution in [1.82, 2.24) is 10.4 Å². The first-order chi connectivity index (χ1) is 5.41. The van der Waals surface area contributed by atoms with Crippen molar-refractivity contribution in [3.63, 3.8) is 0 Å². The van der Waals surface area contributed by atoms with Crippen LogP contribution in [0.2, 0.25) is 0 Å². The summed E-state index contributed by atoms with van der Waals surface area (Å²) in [6.45, 7) is 4.46. The highest BCUT2D eigenvalue weighted by Gasteiger charge is 1.75. The van der Waals surface area contributed by atoms with Crippen molar-refractivity contribution in [2.24, 2.45) is 0 Å². The Hall–Kier alpha value is -0.860. The predicted octanol–water partition coefficient (Wildman–Crippen LogP) is 2.66. The van der Waals surface area contributed by atoms with E-state index in [1.165, 1.54) is 38.1 Å². The molecule has 0 spiro atoms. The van der Waals surface area contributed by atoms with Gasteiger partial charge in [-0.2, -0.15) is 0 Å². The van der Waals surface area contributed by atoms with Crippen LogP contribution in [0.15, 0.2) is 17.0 Å². The van der Waals surface area contributed by atoms with Gasteiger partial charge < -0.3 is 4.52 Å². The molecule has 3 nitrogen and oxygen atoms in total. The highest BCUT2D eigenvalue weighted by atomic mass is 16.5. The van der Waals surface area contributed by atoms with E-state index in [2.05, 4.69) is 28.7 Å². The number of rotatable bonds is 3. The summed E-state index contributed by atoms with van der Waals surface area (Å²) in [7, 11) is 0. The quantitative estimate of drug-likeness (QED) is 0.631. The Morgan fingerprint density at radius 3 is 2.00 bits per heavy atom. The Labute approximate surface area is 67.8 Å².